The predicted octanol–water partition coefficient (Wildman–Crippen LogP) is 4.78. The molecule has 1 aromatic carbocycles. The van der Waals surface area contributed by atoms with Gasteiger partial charge in [0.2, 0.25) is 0 Å². The van der Waals surface area contributed by atoms with Gasteiger partial charge in [-0.25, -0.2) is 9.78 Å². The van der Waals surface area contributed by atoms with Crippen molar-refractivity contribution in [2.45, 2.75) is 62.8 Å². The lowest BCUT2D eigenvalue weighted by Gasteiger charge is -2.40. The number of nitrogens with one attached hydrogen (secondary N) is 2. The summed E-state index contributed by atoms with van der Waals surface area (Å²) in [5, 5.41) is 16.4. The second kappa shape index (κ2) is 9.99. The number of hydrogen-bond acceptors (Lipinski definition) is 5. The van der Waals surface area contributed by atoms with Crippen LogP contribution in [0.5, 0.6) is 0 Å². The number of carbonyl (C=O) groups is 1. The molecule has 0 amide bonds. The van der Waals surface area contributed by atoms with Crippen LogP contribution in [0.4, 0.5) is 24.7 Å². The number of anilines is 2. The highest BCUT2D eigenvalue weighted by molar-refractivity contribution is 5.88. The molecule has 4 rings (SSSR count). The number of alkyl halides is 3. The largest absolute Gasteiger partial charge is 0.478 e. The molecule has 1 aliphatic heterocycles. The molecule has 1 saturated carbocycles. The molecule has 178 valence electrons. The fourth-order valence-corrected chi connectivity index (χ4v) is 4.85. The number of hydrogen-bond donors (Lipinski definition) is 3. The van der Waals surface area contributed by atoms with Gasteiger partial charge in [0.15, 0.2) is 0 Å². The molecule has 2 heterocycles. The van der Waals surface area contributed by atoms with Crippen LogP contribution in [-0.2, 0) is 6.18 Å². The maximum atomic E-state index is 12.9. The van der Waals surface area contributed by atoms with Crippen molar-refractivity contribution in [2.75, 3.05) is 23.3 Å². The summed E-state index contributed by atoms with van der Waals surface area (Å²) >= 11 is 0. The lowest BCUT2D eigenvalue weighted by atomic mass is 9.89. The maximum absolute atomic E-state index is 12.9. The van der Waals surface area contributed by atoms with Gasteiger partial charge in [-0.15, -0.1) is 0 Å². The average molecular weight is 463 g/mol. The fourth-order valence-electron chi connectivity index (χ4n) is 4.85. The van der Waals surface area contributed by atoms with Crippen LogP contribution in [0.1, 0.15) is 54.4 Å². The zero-order chi connectivity index (χ0) is 23.4. The van der Waals surface area contributed by atoms with Gasteiger partial charge in [0.05, 0.1) is 11.1 Å². The molecule has 1 unspecified atom stereocenters. The van der Waals surface area contributed by atoms with E-state index >= 15 is 0 Å². The van der Waals surface area contributed by atoms with Gasteiger partial charge in [-0.3, -0.25) is 0 Å². The Hall–Kier alpha value is -2.81. The van der Waals surface area contributed by atoms with E-state index in [-0.39, 0.29) is 23.7 Å². The van der Waals surface area contributed by atoms with Crippen LogP contribution in [0.25, 0.3) is 0 Å². The lowest BCUT2D eigenvalue weighted by molar-refractivity contribution is -0.137. The minimum Gasteiger partial charge on any atom is -0.478 e. The standard InChI is InChI=1S/C24H29F3N4O2/c25-24(26,27)17-7-9-19(10-8-17)31-13-3-4-18(15-31)29-20-5-1-2-6-21(20)30-22-14-16(23(32)33)11-12-28-22/h7-12,14,18,20-21,29H,1-6,13,15H2,(H,28,30)(H,32,33)/t18?,20-,21-/m1/s1. The van der Waals surface area contributed by atoms with E-state index in [0.717, 1.165) is 69.4 Å². The summed E-state index contributed by atoms with van der Waals surface area (Å²) < 4.78 is 38.6. The molecule has 3 atom stereocenters. The Kier molecular flexibility index (Phi) is 7.07. The number of halogens is 3. The van der Waals surface area contributed by atoms with E-state index in [1.807, 2.05) is 0 Å². The van der Waals surface area contributed by atoms with Crippen molar-refractivity contribution >= 4 is 17.5 Å². The van der Waals surface area contributed by atoms with Crippen LogP contribution in [0.3, 0.4) is 0 Å². The number of carboxylic acids is 1. The molecule has 1 aliphatic carbocycles. The second-order valence-corrected chi connectivity index (χ2v) is 8.87. The number of aromatic nitrogens is 1. The molecule has 9 heteroatoms. The molecule has 2 aromatic rings. The van der Waals surface area contributed by atoms with E-state index in [0.29, 0.717) is 5.82 Å². The normalized spacial score (nSPS) is 23.8. The Morgan fingerprint density at radius 2 is 1.76 bits per heavy atom. The Labute approximate surface area is 191 Å². The first-order chi connectivity index (χ1) is 15.8. The monoisotopic (exact) mass is 462 g/mol. The minimum absolute atomic E-state index is 0.136. The van der Waals surface area contributed by atoms with Crippen LogP contribution < -0.4 is 15.5 Å². The van der Waals surface area contributed by atoms with Crippen molar-refractivity contribution in [1.29, 1.82) is 0 Å². The van der Waals surface area contributed by atoms with E-state index < -0.39 is 17.7 Å². The van der Waals surface area contributed by atoms with Gasteiger partial charge < -0.3 is 20.6 Å². The number of benzene rings is 1. The zero-order valence-corrected chi connectivity index (χ0v) is 18.3. The van der Waals surface area contributed by atoms with E-state index in [2.05, 4.69) is 20.5 Å². The van der Waals surface area contributed by atoms with Crippen molar-refractivity contribution < 1.29 is 23.1 Å². The Bertz CT molecular complexity index is 951. The number of piperidine rings is 1. The maximum Gasteiger partial charge on any atom is 0.416 e. The summed E-state index contributed by atoms with van der Waals surface area (Å²) in [4.78, 5) is 17.7. The fraction of sp³-hybridized carbons (Fsp3) is 0.500. The van der Waals surface area contributed by atoms with Gasteiger partial charge >= 0.3 is 12.1 Å². The molecule has 6 nitrogen and oxygen atoms in total. The topological polar surface area (TPSA) is 77.5 Å². The third-order valence-electron chi connectivity index (χ3n) is 6.54. The van der Waals surface area contributed by atoms with E-state index in [1.54, 1.807) is 18.2 Å². The molecular formula is C24H29F3N4O2. The Morgan fingerprint density at radius 3 is 2.45 bits per heavy atom. The molecular weight excluding hydrogens is 433 g/mol. The minimum atomic E-state index is -4.33. The summed E-state index contributed by atoms with van der Waals surface area (Å²) in [5.74, 6) is -0.423. The highest BCUT2D eigenvalue weighted by Crippen LogP contribution is 2.31. The van der Waals surface area contributed by atoms with Crippen LogP contribution >= 0.6 is 0 Å². The van der Waals surface area contributed by atoms with Gasteiger partial charge in [-0.05, 0) is 62.1 Å². The number of rotatable bonds is 6. The van der Waals surface area contributed by atoms with Crippen molar-refractivity contribution in [3.8, 4) is 0 Å². The molecule has 0 radical (unpaired) electrons. The highest BCUT2D eigenvalue weighted by Gasteiger charge is 2.32. The first-order valence-corrected chi connectivity index (χ1v) is 11.4. The van der Waals surface area contributed by atoms with Gasteiger partial charge in [-0.1, -0.05) is 12.8 Å². The molecule has 2 fully saturated rings. The third-order valence-corrected chi connectivity index (χ3v) is 6.54. The van der Waals surface area contributed by atoms with Gasteiger partial charge in [-0.2, -0.15) is 13.2 Å². The van der Waals surface area contributed by atoms with Crippen LogP contribution in [0, 0.1) is 0 Å². The Morgan fingerprint density at radius 1 is 1.03 bits per heavy atom. The number of pyridine rings is 1. The molecule has 3 N–H and O–H groups in total. The van der Waals surface area contributed by atoms with Gasteiger partial charge in [0.25, 0.3) is 0 Å². The average Bonchev–Trinajstić information content (AvgIpc) is 2.80. The number of carboxylic acid groups (broad SMARTS) is 1. The third kappa shape index (κ3) is 5.96. The smallest absolute Gasteiger partial charge is 0.416 e. The number of aromatic carboxylic acids is 1. The summed E-state index contributed by atoms with van der Waals surface area (Å²) in [7, 11) is 0. The summed E-state index contributed by atoms with van der Waals surface area (Å²) in [6, 6.07) is 9.00. The Balaban J connectivity index is 1.39. The van der Waals surface area contributed by atoms with Crippen molar-refractivity contribution in [3.63, 3.8) is 0 Å². The second-order valence-electron chi connectivity index (χ2n) is 8.87. The van der Waals surface area contributed by atoms with Crippen LogP contribution in [0.2, 0.25) is 0 Å². The lowest BCUT2D eigenvalue weighted by Crippen LogP contribution is -2.55. The number of nitrogens with zero attached hydrogens (tertiary/aromatic N) is 2. The summed E-state index contributed by atoms with van der Waals surface area (Å²) in [5.41, 5.74) is 0.379. The molecule has 1 aromatic heterocycles. The van der Waals surface area contributed by atoms with Crippen molar-refractivity contribution in [1.82, 2.24) is 10.3 Å². The molecule has 33 heavy (non-hydrogen) atoms. The van der Waals surface area contributed by atoms with E-state index in [1.165, 1.54) is 12.3 Å². The van der Waals surface area contributed by atoms with Crippen LogP contribution in [0.15, 0.2) is 42.6 Å². The van der Waals surface area contributed by atoms with Crippen molar-refractivity contribution in [2.24, 2.45) is 0 Å². The predicted molar refractivity (Wildman–Crippen MR) is 121 cm³/mol. The first kappa shape index (κ1) is 23.4. The van der Waals surface area contributed by atoms with Crippen molar-refractivity contribution in [3.05, 3.63) is 53.7 Å². The zero-order valence-electron chi connectivity index (χ0n) is 18.3. The molecule has 2 aliphatic rings. The SMILES string of the molecule is O=C(O)c1ccnc(N[C@@H]2CCCC[C@H]2NC2CCCN(c3ccc(C(F)(F)F)cc3)C2)c1. The van der Waals surface area contributed by atoms with E-state index in [9.17, 15) is 23.1 Å². The van der Waals surface area contributed by atoms with Gasteiger partial charge in [0.1, 0.15) is 5.82 Å². The van der Waals surface area contributed by atoms with Gasteiger partial charge in [0, 0.05) is 43.1 Å². The first-order valence-electron chi connectivity index (χ1n) is 11.4. The molecule has 1 saturated heterocycles. The summed E-state index contributed by atoms with van der Waals surface area (Å²) in [6.45, 7) is 1.56. The molecule has 0 spiro atoms. The molecule has 0 bridgehead atoms. The van der Waals surface area contributed by atoms with Crippen LogP contribution in [-0.4, -0.2) is 47.3 Å². The van der Waals surface area contributed by atoms with E-state index in [4.69, 9.17) is 0 Å². The quantitative estimate of drug-likeness (QED) is 0.574. The summed E-state index contributed by atoms with van der Waals surface area (Å²) in [6.07, 6.45) is 3.33. The highest BCUT2D eigenvalue weighted by atomic mass is 19.4.